The lowest BCUT2D eigenvalue weighted by Crippen LogP contribution is -2.34. The highest BCUT2D eigenvalue weighted by molar-refractivity contribution is 5.99. The molecule has 0 spiro atoms. The average Bonchev–Trinajstić information content (AvgIpc) is 3.31. The fraction of sp³-hybridized carbons (Fsp3) is 0.333. The van der Waals surface area contributed by atoms with Gasteiger partial charge in [0.25, 0.3) is 0 Å². The number of carbonyl (C=O) groups is 2. The third-order valence-corrected chi connectivity index (χ3v) is 7.88. The number of aromatic nitrogens is 3. The molecule has 1 aliphatic heterocycles. The molecule has 8 heteroatoms. The van der Waals surface area contributed by atoms with Crippen molar-refractivity contribution in [1.29, 1.82) is 0 Å². The van der Waals surface area contributed by atoms with Crippen LogP contribution in [-0.4, -0.2) is 51.8 Å². The Morgan fingerprint density at radius 2 is 1.89 bits per heavy atom. The molecule has 1 aliphatic rings. The van der Waals surface area contributed by atoms with Crippen LogP contribution in [0.15, 0.2) is 30.6 Å². The zero-order chi connectivity index (χ0) is 27.1. The number of nitrogens with one attached hydrogen (secondary N) is 2. The Kier molecular flexibility index (Phi) is 6.75. The van der Waals surface area contributed by atoms with Crippen LogP contribution >= 0.6 is 0 Å². The Labute approximate surface area is 222 Å². The summed E-state index contributed by atoms with van der Waals surface area (Å²) in [5.74, 6) is -0.354. The van der Waals surface area contributed by atoms with Gasteiger partial charge in [-0.1, -0.05) is 0 Å². The number of amides is 2. The SMILES string of the molecule is CNC(=O)CCN1CCc2c(C)cc(-c3cnc4[nH]cc(-c5c(C)cc(C(N)=O)c(C)c5C)c4n3)cc2C1. The molecule has 3 heterocycles. The lowest BCUT2D eigenvalue weighted by atomic mass is 9.90. The molecule has 4 aromatic rings. The molecule has 38 heavy (non-hydrogen) atoms. The fourth-order valence-corrected chi connectivity index (χ4v) is 5.68. The predicted octanol–water partition coefficient (Wildman–Crippen LogP) is 4.12. The summed E-state index contributed by atoms with van der Waals surface area (Å²) in [5, 5.41) is 2.71. The van der Waals surface area contributed by atoms with Crippen molar-refractivity contribution in [2.45, 2.75) is 47.1 Å². The Balaban J connectivity index is 1.54. The second-order valence-corrected chi connectivity index (χ2v) is 10.3. The van der Waals surface area contributed by atoms with E-state index >= 15 is 0 Å². The Hall–Kier alpha value is -4.04. The molecule has 4 N–H and O–H groups in total. The number of H-pyrrole nitrogens is 1. The van der Waals surface area contributed by atoms with E-state index in [2.05, 4.69) is 34.3 Å². The first-order chi connectivity index (χ1) is 18.2. The number of nitrogens with two attached hydrogens (primary N) is 1. The van der Waals surface area contributed by atoms with Gasteiger partial charge in [-0.15, -0.1) is 0 Å². The van der Waals surface area contributed by atoms with Crippen molar-refractivity contribution in [3.63, 3.8) is 0 Å². The van der Waals surface area contributed by atoms with Crippen LogP contribution in [0, 0.1) is 27.7 Å². The van der Waals surface area contributed by atoms with Crippen molar-refractivity contribution in [1.82, 2.24) is 25.2 Å². The quantitative estimate of drug-likeness (QED) is 0.361. The lowest BCUT2D eigenvalue weighted by molar-refractivity contribution is -0.121. The summed E-state index contributed by atoms with van der Waals surface area (Å²) in [6.07, 6.45) is 5.23. The van der Waals surface area contributed by atoms with Gasteiger partial charge in [-0.2, -0.15) is 0 Å². The number of hydrogen-bond donors (Lipinski definition) is 3. The van der Waals surface area contributed by atoms with E-state index in [-0.39, 0.29) is 5.91 Å². The monoisotopic (exact) mass is 510 g/mol. The lowest BCUT2D eigenvalue weighted by Gasteiger charge is -2.30. The van der Waals surface area contributed by atoms with E-state index in [0.29, 0.717) is 17.6 Å². The minimum Gasteiger partial charge on any atom is -0.366 e. The van der Waals surface area contributed by atoms with E-state index in [1.807, 2.05) is 39.2 Å². The number of rotatable bonds is 6. The van der Waals surface area contributed by atoms with Crippen LogP contribution in [-0.2, 0) is 17.8 Å². The third kappa shape index (κ3) is 4.56. The second-order valence-electron chi connectivity index (χ2n) is 10.3. The number of fused-ring (bicyclic) bond motifs is 2. The third-order valence-electron chi connectivity index (χ3n) is 7.88. The molecule has 196 valence electrons. The van der Waals surface area contributed by atoms with Crippen LogP contribution in [0.2, 0.25) is 0 Å². The summed E-state index contributed by atoms with van der Waals surface area (Å²) in [6.45, 7) is 10.6. The fourth-order valence-electron chi connectivity index (χ4n) is 5.68. The molecule has 0 saturated heterocycles. The van der Waals surface area contributed by atoms with Gasteiger partial charge in [0.2, 0.25) is 11.8 Å². The van der Waals surface area contributed by atoms with Crippen molar-refractivity contribution in [3.8, 4) is 22.4 Å². The standard InChI is InChI=1S/C30H34N6O2/c1-16-10-20(12-21-15-36(8-6-22(16)21)9-7-26(37)32-5)25-14-34-30-28(35-25)24(13-33-30)27-17(2)11-23(29(31)38)18(3)19(27)4/h10-14H,6-9,15H2,1-5H3,(H2,31,38)(H,32,37)(H,33,34). The number of aryl methyl sites for hydroxylation is 2. The highest BCUT2D eigenvalue weighted by Gasteiger charge is 2.22. The molecule has 2 aromatic carbocycles. The summed E-state index contributed by atoms with van der Waals surface area (Å²) >= 11 is 0. The molecule has 8 nitrogen and oxygen atoms in total. The minimum absolute atomic E-state index is 0.0662. The van der Waals surface area contributed by atoms with Gasteiger partial charge in [-0.25, -0.2) is 9.97 Å². The summed E-state index contributed by atoms with van der Waals surface area (Å²) in [7, 11) is 1.68. The van der Waals surface area contributed by atoms with E-state index in [1.165, 1.54) is 16.7 Å². The van der Waals surface area contributed by atoms with Crippen LogP contribution in [0.1, 0.15) is 50.2 Å². The van der Waals surface area contributed by atoms with Crippen molar-refractivity contribution in [2.24, 2.45) is 5.73 Å². The van der Waals surface area contributed by atoms with Gasteiger partial charge in [-0.05, 0) is 91.3 Å². The summed E-state index contributed by atoms with van der Waals surface area (Å²) in [4.78, 5) is 39.1. The maximum atomic E-state index is 11.9. The van der Waals surface area contributed by atoms with Crippen LogP contribution in [0.5, 0.6) is 0 Å². The molecule has 0 fully saturated rings. The van der Waals surface area contributed by atoms with Crippen molar-refractivity contribution in [2.75, 3.05) is 20.1 Å². The van der Waals surface area contributed by atoms with Crippen LogP contribution < -0.4 is 11.1 Å². The van der Waals surface area contributed by atoms with Crippen molar-refractivity contribution >= 4 is 23.0 Å². The highest BCUT2D eigenvalue weighted by Crippen LogP contribution is 2.36. The van der Waals surface area contributed by atoms with Gasteiger partial charge in [0.05, 0.1) is 11.9 Å². The Morgan fingerprint density at radius 3 is 2.63 bits per heavy atom. The van der Waals surface area contributed by atoms with Gasteiger partial charge < -0.3 is 16.0 Å². The molecule has 0 saturated carbocycles. The first-order valence-corrected chi connectivity index (χ1v) is 13.0. The number of nitrogens with zero attached hydrogens (tertiary/aromatic N) is 3. The molecule has 0 radical (unpaired) electrons. The number of benzene rings is 2. The molecular weight excluding hydrogens is 476 g/mol. The molecule has 2 aromatic heterocycles. The summed E-state index contributed by atoms with van der Waals surface area (Å²) in [6, 6.07) is 6.28. The van der Waals surface area contributed by atoms with Gasteiger partial charge in [0, 0.05) is 56.0 Å². The average molecular weight is 511 g/mol. The van der Waals surface area contributed by atoms with Crippen LogP contribution in [0.3, 0.4) is 0 Å². The number of primary amides is 1. The van der Waals surface area contributed by atoms with E-state index in [9.17, 15) is 9.59 Å². The van der Waals surface area contributed by atoms with Gasteiger partial charge in [-0.3, -0.25) is 14.5 Å². The number of hydrogen-bond acceptors (Lipinski definition) is 5. The summed E-state index contributed by atoms with van der Waals surface area (Å²) in [5.41, 5.74) is 18.3. The molecule has 0 bridgehead atoms. The molecule has 2 amide bonds. The molecule has 5 rings (SSSR count). The molecule has 0 aliphatic carbocycles. The van der Waals surface area contributed by atoms with Crippen molar-refractivity contribution < 1.29 is 9.59 Å². The maximum Gasteiger partial charge on any atom is 0.248 e. The molecule has 0 unspecified atom stereocenters. The zero-order valence-electron chi connectivity index (χ0n) is 22.7. The van der Waals surface area contributed by atoms with Crippen LogP contribution in [0.25, 0.3) is 33.5 Å². The first-order valence-electron chi connectivity index (χ1n) is 13.0. The Morgan fingerprint density at radius 1 is 1.11 bits per heavy atom. The van der Waals surface area contributed by atoms with E-state index in [1.54, 1.807) is 7.05 Å². The first kappa shape index (κ1) is 25.6. The zero-order valence-corrected chi connectivity index (χ0v) is 22.7. The minimum atomic E-state index is -0.420. The predicted molar refractivity (Wildman–Crippen MR) is 150 cm³/mol. The van der Waals surface area contributed by atoms with Gasteiger partial charge in [0.1, 0.15) is 5.52 Å². The highest BCUT2D eigenvalue weighted by atomic mass is 16.1. The summed E-state index contributed by atoms with van der Waals surface area (Å²) < 4.78 is 0. The van der Waals surface area contributed by atoms with E-state index in [4.69, 9.17) is 15.7 Å². The van der Waals surface area contributed by atoms with E-state index < -0.39 is 5.91 Å². The smallest absolute Gasteiger partial charge is 0.248 e. The maximum absolute atomic E-state index is 11.9. The van der Waals surface area contributed by atoms with E-state index in [0.717, 1.165) is 70.6 Å². The largest absolute Gasteiger partial charge is 0.366 e. The molecule has 0 atom stereocenters. The second kappa shape index (κ2) is 10.0. The topological polar surface area (TPSA) is 117 Å². The molecular formula is C30H34N6O2. The number of aromatic amines is 1. The van der Waals surface area contributed by atoms with Crippen molar-refractivity contribution in [3.05, 3.63) is 69.5 Å². The Bertz CT molecular complexity index is 1590. The van der Waals surface area contributed by atoms with Gasteiger partial charge in [0.15, 0.2) is 5.65 Å². The van der Waals surface area contributed by atoms with Gasteiger partial charge >= 0.3 is 0 Å². The normalized spacial score (nSPS) is 13.5. The number of carbonyl (C=O) groups excluding carboxylic acids is 2. The van der Waals surface area contributed by atoms with Crippen LogP contribution in [0.4, 0.5) is 0 Å².